The predicted molar refractivity (Wildman–Crippen MR) is 125 cm³/mol. The molecule has 2 heterocycles. The molecule has 0 unspecified atom stereocenters. The number of hydrogen-bond acceptors (Lipinski definition) is 3. The van der Waals surface area contributed by atoms with Gasteiger partial charge in [0, 0.05) is 11.6 Å². The lowest BCUT2D eigenvalue weighted by Gasteiger charge is -2.14. The Balaban J connectivity index is 2.00. The summed E-state index contributed by atoms with van der Waals surface area (Å²) in [5, 5.41) is 1.00. The second kappa shape index (κ2) is 8.73. The molecule has 0 aliphatic heterocycles. The molecule has 0 bridgehead atoms. The summed E-state index contributed by atoms with van der Waals surface area (Å²) in [6.45, 7) is 4.78. The molecular formula is C23H22Cl2N4O2. The summed E-state index contributed by atoms with van der Waals surface area (Å²) in [5.41, 5.74) is 1.13. The molecule has 4 rings (SSSR count). The zero-order chi connectivity index (χ0) is 22.1. The summed E-state index contributed by atoms with van der Waals surface area (Å²) in [5.74, 6) is 0.337. The molecule has 2 aromatic carbocycles. The summed E-state index contributed by atoms with van der Waals surface area (Å²) >= 11 is 12.7. The number of benzene rings is 2. The molecule has 0 aliphatic carbocycles. The summed E-state index contributed by atoms with van der Waals surface area (Å²) in [7, 11) is 0. The van der Waals surface area contributed by atoms with Gasteiger partial charge < -0.3 is 4.57 Å². The Bertz CT molecular complexity index is 1370. The van der Waals surface area contributed by atoms with E-state index >= 15 is 0 Å². The fraction of sp³-hybridized carbons (Fsp3) is 0.261. The van der Waals surface area contributed by atoms with Crippen molar-refractivity contribution in [3.63, 3.8) is 0 Å². The molecule has 31 heavy (non-hydrogen) atoms. The fourth-order valence-corrected chi connectivity index (χ4v) is 3.96. The van der Waals surface area contributed by atoms with Crippen LogP contribution in [0, 0.1) is 5.92 Å². The van der Waals surface area contributed by atoms with E-state index < -0.39 is 5.69 Å². The normalized spacial score (nSPS) is 11.5. The molecule has 0 amide bonds. The van der Waals surface area contributed by atoms with E-state index in [1.165, 1.54) is 9.13 Å². The molecule has 8 heteroatoms. The predicted octanol–water partition coefficient (Wildman–Crippen LogP) is 4.75. The summed E-state index contributed by atoms with van der Waals surface area (Å²) in [6, 6.07) is 14.5. The van der Waals surface area contributed by atoms with Crippen LogP contribution < -0.4 is 11.2 Å². The van der Waals surface area contributed by atoms with Gasteiger partial charge in [0.15, 0.2) is 11.2 Å². The van der Waals surface area contributed by atoms with Gasteiger partial charge in [-0.15, -0.1) is 0 Å². The van der Waals surface area contributed by atoms with Gasteiger partial charge in [-0.1, -0.05) is 67.4 Å². The number of nitrogens with zero attached hydrogens (tertiary/aromatic N) is 4. The number of para-hydroxylation sites is 1. The maximum atomic E-state index is 13.4. The average molecular weight is 457 g/mol. The van der Waals surface area contributed by atoms with Crippen molar-refractivity contribution in [3.05, 3.63) is 91.3 Å². The number of hydrogen-bond donors (Lipinski definition) is 0. The molecule has 0 radical (unpaired) electrons. The lowest BCUT2D eigenvalue weighted by Crippen LogP contribution is -2.40. The Kier molecular flexibility index (Phi) is 6.03. The Morgan fingerprint density at radius 2 is 1.65 bits per heavy atom. The largest absolute Gasteiger partial charge is 0.337 e. The zero-order valence-corrected chi connectivity index (χ0v) is 18.8. The number of aromatic nitrogens is 4. The van der Waals surface area contributed by atoms with Crippen molar-refractivity contribution in [3.8, 4) is 5.69 Å². The lowest BCUT2D eigenvalue weighted by molar-refractivity contribution is 0.491. The molecule has 0 aliphatic rings. The molecule has 160 valence electrons. The molecule has 0 saturated heterocycles. The topological polar surface area (TPSA) is 61.8 Å². The number of fused-ring (bicyclic) bond motifs is 1. The van der Waals surface area contributed by atoms with Crippen molar-refractivity contribution >= 4 is 34.4 Å². The van der Waals surface area contributed by atoms with E-state index in [9.17, 15) is 9.59 Å². The minimum atomic E-state index is -0.450. The third-order valence-corrected chi connectivity index (χ3v) is 5.91. The van der Waals surface area contributed by atoms with Crippen molar-refractivity contribution in [2.45, 2.75) is 33.4 Å². The first-order valence-corrected chi connectivity index (χ1v) is 10.8. The quantitative estimate of drug-likeness (QED) is 0.420. The van der Waals surface area contributed by atoms with Gasteiger partial charge in [-0.3, -0.25) is 9.36 Å². The Labute approximate surface area is 189 Å². The number of halogens is 2. The maximum Gasteiger partial charge on any atom is 0.337 e. The third kappa shape index (κ3) is 4.05. The van der Waals surface area contributed by atoms with Gasteiger partial charge in [0.05, 0.1) is 23.6 Å². The van der Waals surface area contributed by atoms with Gasteiger partial charge >= 0.3 is 5.69 Å². The molecule has 2 aromatic heterocycles. The van der Waals surface area contributed by atoms with Crippen LogP contribution >= 0.6 is 23.2 Å². The van der Waals surface area contributed by atoms with E-state index in [4.69, 9.17) is 23.2 Å². The summed E-state index contributed by atoms with van der Waals surface area (Å²) in [6.07, 6.45) is 2.26. The van der Waals surface area contributed by atoms with Crippen LogP contribution in [0.3, 0.4) is 0 Å². The van der Waals surface area contributed by atoms with Gasteiger partial charge in [0.25, 0.3) is 5.56 Å². The summed E-state index contributed by atoms with van der Waals surface area (Å²) in [4.78, 5) is 31.2. The molecule has 0 atom stereocenters. The smallest absolute Gasteiger partial charge is 0.320 e. The average Bonchev–Trinajstić information content (AvgIpc) is 3.14. The van der Waals surface area contributed by atoms with E-state index in [0.717, 1.165) is 5.56 Å². The van der Waals surface area contributed by atoms with Gasteiger partial charge in [0.2, 0.25) is 0 Å². The van der Waals surface area contributed by atoms with Crippen molar-refractivity contribution in [1.82, 2.24) is 18.7 Å². The van der Waals surface area contributed by atoms with Crippen LogP contribution in [0.25, 0.3) is 16.9 Å². The van der Waals surface area contributed by atoms with E-state index in [1.807, 2.05) is 18.2 Å². The van der Waals surface area contributed by atoms with Crippen LogP contribution in [0.5, 0.6) is 0 Å². The summed E-state index contributed by atoms with van der Waals surface area (Å²) < 4.78 is 4.43. The maximum absolute atomic E-state index is 13.4. The first-order chi connectivity index (χ1) is 14.9. The van der Waals surface area contributed by atoms with Crippen molar-refractivity contribution in [2.75, 3.05) is 0 Å². The molecule has 4 aromatic rings. The Morgan fingerprint density at radius 1 is 0.968 bits per heavy atom. The van der Waals surface area contributed by atoms with Crippen molar-refractivity contribution in [2.24, 2.45) is 5.92 Å². The van der Waals surface area contributed by atoms with Crippen LogP contribution in [0.4, 0.5) is 0 Å². The molecule has 0 N–H and O–H groups in total. The van der Waals surface area contributed by atoms with E-state index in [-0.39, 0.29) is 11.2 Å². The van der Waals surface area contributed by atoms with Crippen LogP contribution in [0.2, 0.25) is 10.0 Å². The molecule has 0 saturated carbocycles. The van der Waals surface area contributed by atoms with Crippen LogP contribution in [-0.4, -0.2) is 18.7 Å². The second-order valence-corrected chi connectivity index (χ2v) is 8.66. The fourth-order valence-electron chi connectivity index (χ4n) is 3.54. The molecule has 6 nitrogen and oxygen atoms in total. The minimum Gasteiger partial charge on any atom is -0.320 e. The van der Waals surface area contributed by atoms with E-state index in [0.29, 0.717) is 46.7 Å². The van der Waals surface area contributed by atoms with E-state index in [2.05, 4.69) is 18.8 Å². The highest BCUT2D eigenvalue weighted by atomic mass is 35.5. The van der Waals surface area contributed by atoms with E-state index in [1.54, 1.807) is 41.2 Å². The van der Waals surface area contributed by atoms with Crippen molar-refractivity contribution < 1.29 is 0 Å². The SMILES string of the molecule is CC(C)CCn1c(=O)c2c(ncn2Cc2ccccc2Cl)n(-c2ccccc2Cl)c1=O. The van der Waals surface area contributed by atoms with Gasteiger partial charge in [0.1, 0.15) is 0 Å². The Morgan fingerprint density at radius 3 is 2.32 bits per heavy atom. The molecular weight excluding hydrogens is 435 g/mol. The first kappa shape index (κ1) is 21.4. The van der Waals surface area contributed by atoms with Crippen LogP contribution in [-0.2, 0) is 13.1 Å². The van der Waals surface area contributed by atoms with Gasteiger partial charge in [-0.25, -0.2) is 14.3 Å². The van der Waals surface area contributed by atoms with Crippen LogP contribution in [0.15, 0.2) is 64.4 Å². The molecule has 0 spiro atoms. The standard InChI is InChI=1S/C23H22Cl2N4O2/c1-15(2)11-12-28-22(30)20-21(29(23(28)31)19-10-6-5-9-18(19)25)26-14-27(20)13-16-7-3-4-8-17(16)24/h3-10,14-15H,11-13H2,1-2H3. The third-order valence-electron chi connectivity index (χ3n) is 5.22. The highest BCUT2D eigenvalue weighted by Crippen LogP contribution is 2.22. The number of imidazole rings is 1. The van der Waals surface area contributed by atoms with Gasteiger partial charge in [-0.2, -0.15) is 0 Å². The van der Waals surface area contributed by atoms with Gasteiger partial charge in [-0.05, 0) is 36.1 Å². The monoisotopic (exact) mass is 456 g/mol. The lowest BCUT2D eigenvalue weighted by atomic mass is 10.1. The second-order valence-electron chi connectivity index (χ2n) is 7.84. The first-order valence-electron chi connectivity index (χ1n) is 10.1. The number of rotatable bonds is 6. The highest BCUT2D eigenvalue weighted by molar-refractivity contribution is 6.32. The van der Waals surface area contributed by atoms with Crippen LogP contribution in [0.1, 0.15) is 25.8 Å². The minimum absolute atomic E-state index is 0.274. The molecule has 0 fully saturated rings. The Hall–Kier alpha value is -2.83. The zero-order valence-electron chi connectivity index (χ0n) is 17.3. The highest BCUT2D eigenvalue weighted by Gasteiger charge is 2.21. The van der Waals surface area contributed by atoms with Crippen molar-refractivity contribution in [1.29, 1.82) is 0 Å².